The van der Waals surface area contributed by atoms with E-state index >= 15 is 0 Å². The Labute approximate surface area is 180 Å². The van der Waals surface area contributed by atoms with Gasteiger partial charge in [-0.05, 0) is 37.3 Å². The molecule has 1 amide bonds. The molecule has 0 spiro atoms. The lowest BCUT2D eigenvalue weighted by Crippen LogP contribution is -2.41. The van der Waals surface area contributed by atoms with E-state index in [4.69, 9.17) is 28.2 Å². The summed E-state index contributed by atoms with van der Waals surface area (Å²) in [5.41, 5.74) is 1.45. The summed E-state index contributed by atoms with van der Waals surface area (Å²) < 4.78 is 3.17. The second kappa shape index (κ2) is 7.09. The van der Waals surface area contributed by atoms with Crippen molar-refractivity contribution in [2.45, 2.75) is 19.5 Å². The van der Waals surface area contributed by atoms with E-state index in [-0.39, 0.29) is 11.9 Å². The zero-order valence-electron chi connectivity index (χ0n) is 15.3. The topological polar surface area (TPSA) is 63.9 Å². The quantitative estimate of drug-likeness (QED) is 0.433. The highest BCUT2D eigenvalue weighted by atomic mass is 35.5. The molecule has 0 fully saturated rings. The Hall–Kier alpha value is -2.48. The minimum absolute atomic E-state index is 0.105. The monoisotopic (exact) mass is 443 g/mol. The standard InChI is InChI=1S/C20H15Cl2N5OS/c1-11-17-24-25-18(19-23-15-4-2-3-5-16(15)29-19)27(17)9-8-26(11)20(28)12-6-7-13(21)14(22)10-12/h2-7,10-11H,8-9H2,1H3/t11-/m1/s1. The molecule has 1 atom stereocenters. The Morgan fingerprint density at radius 3 is 2.72 bits per heavy atom. The average Bonchev–Trinajstić information content (AvgIpc) is 3.34. The Kier molecular flexibility index (Phi) is 4.53. The van der Waals surface area contributed by atoms with Gasteiger partial charge in [-0.2, -0.15) is 0 Å². The number of nitrogens with zero attached hydrogens (tertiary/aromatic N) is 5. The van der Waals surface area contributed by atoms with Gasteiger partial charge in [-0.25, -0.2) is 4.98 Å². The van der Waals surface area contributed by atoms with Gasteiger partial charge in [0.25, 0.3) is 5.91 Å². The molecule has 4 aromatic rings. The molecule has 0 N–H and O–H groups in total. The van der Waals surface area contributed by atoms with Gasteiger partial charge in [0.15, 0.2) is 16.7 Å². The summed E-state index contributed by atoms with van der Waals surface area (Å²) in [7, 11) is 0. The summed E-state index contributed by atoms with van der Waals surface area (Å²) in [6, 6.07) is 12.7. The minimum atomic E-state index is -0.221. The number of para-hydroxylation sites is 1. The zero-order chi connectivity index (χ0) is 20.1. The van der Waals surface area contributed by atoms with Gasteiger partial charge in [-0.1, -0.05) is 35.3 Å². The Bertz CT molecular complexity index is 1220. The van der Waals surface area contributed by atoms with E-state index < -0.39 is 0 Å². The Morgan fingerprint density at radius 1 is 1.10 bits per heavy atom. The number of amides is 1. The van der Waals surface area contributed by atoms with Crippen LogP contribution in [0, 0.1) is 0 Å². The van der Waals surface area contributed by atoms with Gasteiger partial charge in [0.2, 0.25) is 0 Å². The summed E-state index contributed by atoms with van der Waals surface area (Å²) in [5, 5.41) is 10.4. The average molecular weight is 444 g/mol. The Balaban J connectivity index is 1.47. The number of carbonyl (C=O) groups is 1. The first-order valence-electron chi connectivity index (χ1n) is 9.08. The summed E-state index contributed by atoms with van der Waals surface area (Å²) >= 11 is 13.7. The number of aromatic nitrogens is 4. The van der Waals surface area contributed by atoms with E-state index in [1.54, 1.807) is 34.4 Å². The van der Waals surface area contributed by atoms with Crippen molar-refractivity contribution in [3.05, 3.63) is 63.9 Å². The molecular formula is C20H15Cl2N5OS. The first-order valence-corrected chi connectivity index (χ1v) is 10.7. The molecule has 9 heteroatoms. The van der Waals surface area contributed by atoms with Crippen LogP contribution in [0.3, 0.4) is 0 Å². The first-order chi connectivity index (χ1) is 14.0. The molecule has 0 bridgehead atoms. The summed E-state index contributed by atoms with van der Waals surface area (Å²) in [6.07, 6.45) is 0. The van der Waals surface area contributed by atoms with Crippen molar-refractivity contribution in [1.82, 2.24) is 24.6 Å². The van der Waals surface area contributed by atoms with Crippen molar-refractivity contribution in [3.63, 3.8) is 0 Å². The molecule has 6 nitrogen and oxygen atoms in total. The van der Waals surface area contributed by atoms with E-state index in [0.29, 0.717) is 28.7 Å². The molecule has 3 heterocycles. The highest BCUT2D eigenvalue weighted by Gasteiger charge is 2.32. The fourth-order valence-electron chi connectivity index (χ4n) is 3.58. The third-order valence-corrected chi connectivity index (χ3v) is 6.87. The van der Waals surface area contributed by atoms with E-state index in [1.807, 2.05) is 31.2 Å². The lowest BCUT2D eigenvalue weighted by molar-refractivity contribution is 0.0638. The van der Waals surface area contributed by atoms with Crippen LogP contribution in [0.2, 0.25) is 10.0 Å². The predicted octanol–water partition coefficient (Wildman–Crippen LogP) is 5.08. The van der Waals surface area contributed by atoms with Gasteiger partial charge < -0.3 is 9.47 Å². The van der Waals surface area contributed by atoms with Crippen LogP contribution in [0.1, 0.15) is 29.1 Å². The molecule has 29 heavy (non-hydrogen) atoms. The van der Waals surface area contributed by atoms with Crippen LogP contribution < -0.4 is 0 Å². The molecule has 0 aliphatic carbocycles. The summed E-state index contributed by atoms with van der Waals surface area (Å²) in [4.78, 5) is 19.5. The van der Waals surface area contributed by atoms with Gasteiger partial charge in [0.1, 0.15) is 0 Å². The molecule has 5 rings (SSSR count). The molecule has 0 unspecified atom stereocenters. The molecule has 146 valence electrons. The van der Waals surface area contributed by atoms with Gasteiger partial charge in [0, 0.05) is 18.7 Å². The lowest BCUT2D eigenvalue weighted by Gasteiger charge is -2.33. The second-order valence-corrected chi connectivity index (χ2v) is 8.67. The van der Waals surface area contributed by atoms with Crippen molar-refractivity contribution in [2.24, 2.45) is 0 Å². The number of fused-ring (bicyclic) bond motifs is 2. The van der Waals surface area contributed by atoms with E-state index in [9.17, 15) is 4.79 Å². The van der Waals surface area contributed by atoms with Gasteiger partial charge in [-0.15, -0.1) is 21.5 Å². The van der Waals surface area contributed by atoms with Crippen molar-refractivity contribution >= 4 is 50.7 Å². The second-order valence-electron chi connectivity index (χ2n) is 6.82. The van der Waals surface area contributed by atoms with Crippen LogP contribution in [0.25, 0.3) is 21.0 Å². The van der Waals surface area contributed by atoms with Gasteiger partial charge >= 0.3 is 0 Å². The molecule has 1 aliphatic rings. The van der Waals surface area contributed by atoms with Crippen LogP contribution in [0.15, 0.2) is 42.5 Å². The maximum atomic E-state index is 13.0. The predicted molar refractivity (Wildman–Crippen MR) is 115 cm³/mol. The van der Waals surface area contributed by atoms with Crippen molar-refractivity contribution in [3.8, 4) is 10.8 Å². The molecule has 2 aromatic heterocycles. The van der Waals surface area contributed by atoms with Gasteiger partial charge in [0.05, 0.1) is 26.3 Å². The third kappa shape index (κ3) is 3.10. The maximum Gasteiger partial charge on any atom is 0.254 e. The number of rotatable bonds is 2. The molecule has 1 aliphatic heterocycles. The Morgan fingerprint density at radius 2 is 1.93 bits per heavy atom. The van der Waals surface area contributed by atoms with E-state index in [1.165, 1.54) is 0 Å². The molecule has 0 saturated carbocycles. The highest BCUT2D eigenvalue weighted by molar-refractivity contribution is 7.21. The number of carbonyl (C=O) groups excluding carboxylic acids is 1. The molecular weight excluding hydrogens is 429 g/mol. The van der Waals surface area contributed by atoms with Crippen LogP contribution in [-0.2, 0) is 6.54 Å². The number of halogens is 2. The lowest BCUT2D eigenvalue weighted by atomic mass is 10.1. The normalized spacial score (nSPS) is 16.2. The fourth-order valence-corrected chi connectivity index (χ4v) is 4.84. The first kappa shape index (κ1) is 18.5. The number of hydrogen-bond donors (Lipinski definition) is 0. The minimum Gasteiger partial charge on any atom is -0.327 e. The van der Waals surface area contributed by atoms with Crippen molar-refractivity contribution in [1.29, 1.82) is 0 Å². The number of benzene rings is 2. The SMILES string of the molecule is C[C@@H]1c2nnc(-c3nc4ccccc4s3)n2CCN1C(=O)c1ccc(Cl)c(Cl)c1. The third-order valence-electron chi connectivity index (χ3n) is 5.10. The van der Waals surface area contributed by atoms with Gasteiger partial charge in [-0.3, -0.25) is 4.79 Å². The molecule has 0 radical (unpaired) electrons. The van der Waals surface area contributed by atoms with Crippen LogP contribution in [-0.4, -0.2) is 37.1 Å². The fraction of sp³-hybridized carbons (Fsp3) is 0.200. The largest absolute Gasteiger partial charge is 0.327 e. The smallest absolute Gasteiger partial charge is 0.254 e. The van der Waals surface area contributed by atoms with E-state index in [0.717, 1.165) is 26.9 Å². The van der Waals surface area contributed by atoms with E-state index in [2.05, 4.69) is 14.8 Å². The number of hydrogen-bond acceptors (Lipinski definition) is 5. The molecule has 0 saturated heterocycles. The van der Waals surface area contributed by atoms with Crippen LogP contribution in [0.4, 0.5) is 0 Å². The molecule has 2 aromatic carbocycles. The van der Waals surface area contributed by atoms with Crippen LogP contribution in [0.5, 0.6) is 0 Å². The zero-order valence-corrected chi connectivity index (χ0v) is 17.7. The van der Waals surface area contributed by atoms with Crippen molar-refractivity contribution < 1.29 is 4.79 Å². The van der Waals surface area contributed by atoms with Crippen molar-refractivity contribution in [2.75, 3.05) is 6.54 Å². The summed E-state index contributed by atoms with van der Waals surface area (Å²) in [6.45, 7) is 3.10. The van der Waals surface area contributed by atoms with Crippen LogP contribution >= 0.6 is 34.5 Å². The number of thiazole rings is 1. The maximum absolute atomic E-state index is 13.0. The highest BCUT2D eigenvalue weighted by Crippen LogP contribution is 2.33. The summed E-state index contributed by atoms with van der Waals surface area (Å²) in [5.74, 6) is 1.39.